The second kappa shape index (κ2) is 11.5. The Morgan fingerprint density at radius 2 is 1.34 bits per heavy atom. The molecule has 0 saturated heterocycles. The van der Waals surface area contributed by atoms with Crippen LogP contribution in [-0.2, 0) is 0 Å². The van der Waals surface area contributed by atoms with Gasteiger partial charge in [0.1, 0.15) is 17.3 Å². The lowest BCUT2D eigenvalue weighted by Gasteiger charge is -2.28. The van der Waals surface area contributed by atoms with Crippen molar-refractivity contribution in [1.29, 1.82) is 0 Å². The summed E-state index contributed by atoms with van der Waals surface area (Å²) in [5, 5.41) is 4.32. The lowest BCUT2D eigenvalue weighted by Crippen LogP contribution is -2.40. The Morgan fingerprint density at radius 3 is 1.94 bits per heavy atom. The van der Waals surface area contributed by atoms with Crippen LogP contribution >= 0.6 is 23.8 Å². The standard InChI is InChI=1S/C28H24ClN3O2S/c1-33-23-16-12-21(13-17-23)30-27(25-10-6-7-11-26(25)29)32(22-14-18-24(34-2)19-15-22)28(35)31-20-8-4-3-5-9-20/h3-19H,1-2H3,(H,31,35). The molecule has 0 bridgehead atoms. The molecule has 4 aromatic carbocycles. The van der Waals surface area contributed by atoms with Crippen molar-refractivity contribution >= 4 is 51.8 Å². The second-order valence-corrected chi connectivity index (χ2v) is 8.24. The van der Waals surface area contributed by atoms with Crippen LogP contribution < -0.4 is 19.7 Å². The number of thiocarbonyl (C=S) groups is 1. The molecule has 0 aliphatic heterocycles. The van der Waals surface area contributed by atoms with Crippen LogP contribution in [-0.4, -0.2) is 25.2 Å². The van der Waals surface area contributed by atoms with E-state index in [0.29, 0.717) is 16.0 Å². The maximum atomic E-state index is 6.67. The first kappa shape index (κ1) is 24.3. The first-order chi connectivity index (χ1) is 17.1. The van der Waals surface area contributed by atoms with Crippen LogP contribution in [0.2, 0.25) is 5.02 Å². The Morgan fingerprint density at radius 1 is 0.771 bits per heavy atom. The van der Waals surface area contributed by atoms with E-state index in [1.165, 1.54) is 0 Å². The van der Waals surface area contributed by atoms with E-state index in [9.17, 15) is 0 Å². The van der Waals surface area contributed by atoms with E-state index in [0.717, 1.165) is 34.1 Å². The Labute approximate surface area is 215 Å². The van der Waals surface area contributed by atoms with Gasteiger partial charge in [-0.1, -0.05) is 41.9 Å². The molecular weight excluding hydrogens is 478 g/mol. The van der Waals surface area contributed by atoms with Crippen LogP contribution in [0.4, 0.5) is 17.1 Å². The van der Waals surface area contributed by atoms with Gasteiger partial charge in [0, 0.05) is 11.3 Å². The average Bonchev–Trinajstić information content (AvgIpc) is 2.90. The molecule has 176 valence electrons. The smallest absolute Gasteiger partial charge is 0.183 e. The predicted octanol–water partition coefficient (Wildman–Crippen LogP) is 7.34. The van der Waals surface area contributed by atoms with Crippen molar-refractivity contribution in [2.24, 2.45) is 4.99 Å². The average molecular weight is 502 g/mol. The molecule has 5 nitrogen and oxygen atoms in total. The maximum absolute atomic E-state index is 6.67. The van der Waals surface area contributed by atoms with Crippen molar-refractivity contribution in [2.45, 2.75) is 0 Å². The lowest BCUT2D eigenvalue weighted by molar-refractivity contribution is 0.415. The third kappa shape index (κ3) is 5.98. The van der Waals surface area contributed by atoms with Crippen molar-refractivity contribution in [1.82, 2.24) is 0 Å². The fraction of sp³-hybridized carbons (Fsp3) is 0.0714. The number of anilines is 2. The Kier molecular flexibility index (Phi) is 7.98. The van der Waals surface area contributed by atoms with E-state index < -0.39 is 0 Å². The Hall–Kier alpha value is -3.87. The molecule has 4 aromatic rings. The molecule has 0 amide bonds. The summed E-state index contributed by atoms with van der Waals surface area (Å²) in [6, 6.07) is 32.4. The lowest BCUT2D eigenvalue weighted by atomic mass is 10.1. The number of hydrogen-bond acceptors (Lipinski definition) is 4. The van der Waals surface area contributed by atoms with E-state index >= 15 is 0 Å². The third-order valence-electron chi connectivity index (χ3n) is 5.19. The van der Waals surface area contributed by atoms with Crippen LogP contribution in [0.15, 0.2) is 108 Å². The van der Waals surface area contributed by atoms with Crippen molar-refractivity contribution in [3.05, 3.63) is 114 Å². The quantitative estimate of drug-likeness (QED) is 0.170. The largest absolute Gasteiger partial charge is 0.497 e. The summed E-state index contributed by atoms with van der Waals surface area (Å²) < 4.78 is 10.7. The molecule has 7 heteroatoms. The Balaban J connectivity index is 1.87. The fourth-order valence-electron chi connectivity index (χ4n) is 3.42. The number of aliphatic imine (C=N–C) groups is 1. The number of nitrogens with one attached hydrogen (secondary N) is 1. The molecule has 0 radical (unpaired) electrons. The van der Waals surface area contributed by atoms with Crippen LogP contribution in [0.25, 0.3) is 0 Å². The summed E-state index contributed by atoms with van der Waals surface area (Å²) in [5.74, 6) is 2.05. The Bertz CT molecular complexity index is 1310. The molecular formula is C28H24ClN3O2S. The van der Waals surface area contributed by atoms with Crippen LogP contribution in [0.5, 0.6) is 11.5 Å². The van der Waals surface area contributed by atoms with Gasteiger partial charge < -0.3 is 14.8 Å². The highest BCUT2D eigenvalue weighted by molar-refractivity contribution is 7.81. The van der Waals surface area contributed by atoms with Gasteiger partial charge in [0.2, 0.25) is 0 Å². The second-order valence-electron chi connectivity index (χ2n) is 7.44. The van der Waals surface area contributed by atoms with Gasteiger partial charge in [-0.3, -0.25) is 4.90 Å². The number of ether oxygens (including phenoxy) is 2. The minimum absolute atomic E-state index is 0.438. The molecule has 0 heterocycles. The van der Waals surface area contributed by atoms with Gasteiger partial charge in [0.25, 0.3) is 0 Å². The number of amidine groups is 1. The number of rotatable bonds is 6. The van der Waals surface area contributed by atoms with Crippen molar-refractivity contribution in [3.8, 4) is 11.5 Å². The SMILES string of the molecule is COc1ccc(N=C(c2ccccc2Cl)N(C(=S)Nc2ccccc2)c2ccc(OC)cc2)cc1. The molecule has 0 saturated carbocycles. The van der Waals surface area contributed by atoms with Gasteiger partial charge >= 0.3 is 0 Å². The van der Waals surface area contributed by atoms with Crippen molar-refractivity contribution < 1.29 is 9.47 Å². The first-order valence-corrected chi connectivity index (χ1v) is 11.7. The number of hydrogen-bond donors (Lipinski definition) is 1. The summed E-state index contributed by atoms with van der Waals surface area (Å²) >= 11 is 12.6. The van der Waals surface area contributed by atoms with Crippen LogP contribution in [0, 0.1) is 0 Å². The zero-order valence-electron chi connectivity index (χ0n) is 19.3. The van der Waals surface area contributed by atoms with Gasteiger partial charge in [-0.2, -0.15) is 0 Å². The highest BCUT2D eigenvalue weighted by Crippen LogP contribution is 2.28. The molecule has 0 atom stereocenters. The summed E-state index contributed by atoms with van der Waals surface area (Å²) in [6.07, 6.45) is 0. The monoisotopic (exact) mass is 501 g/mol. The van der Waals surface area contributed by atoms with Gasteiger partial charge in [-0.05, 0) is 85.0 Å². The maximum Gasteiger partial charge on any atom is 0.183 e. The summed E-state index contributed by atoms with van der Waals surface area (Å²) in [7, 11) is 3.27. The molecule has 0 aliphatic carbocycles. The van der Waals surface area contributed by atoms with Crippen molar-refractivity contribution in [3.63, 3.8) is 0 Å². The van der Waals surface area contributed by atoms with Gasteiger partial charge in [-0.15, -0.1) is 0 Å². The number of nitrogens with zero attached hydrogens (tertiary/aromatic N) is 2. The highest BCUT2D eigenvalue weighted by atomic mass is 35.5. The molecule has 35 heavy (non-hydrogen) atoms. The highest BCUT2D eigenvalue weighted by Gasteiger charge is 2.23. The van der Waals surface area contributed by atoms with Crippen molar-refractivity contribution in [2.75, 3.05) is 24.4 Å². The minimum Gasteiger partial charge on any atom is -0.497 e. The summed E-state index contributed by atoms with van der Waals surface area (Å²) in [5.41, 5.74) is 3.12. The third-order valence-corrected chi connectivity index (χ3v) is 5.81. The summed E-state index contributed by atoms with van der Waals surface area (Å²) in [6.45, 7) is 0. The predicted molar refractivity (Wildman–Crippen MR) is 149 cm³/mol. The topological polar surface area (TPSA) is 46.1 Å². The van der Waals surface area contributed by atoms with E-state index in [4.69, 9.17) is 38.3 Å². The van der Waals surface area contributed by atoms with Gasteiger partial charge in [-0.25, -0.2) is 4.99 Å². The first-order valence-electron chi connectivity index (χ1n) is 10.9. The molecule has 0 spiro atoms. The molecule has 1 N–H and O–H groups in total. The number of methoxy groups -OCH3 is 2. The van der Waals surface area contributed by atoms with E-state index in [-0.39, 0.29) is 0 Å². The molecule has 0 aromatic heterocycles. The number of halogens is 1. The molecule has 0 aliphatic rings. The number of benzene rings is 4. The molecule has 0 unspecified atom stereocenters. The van der Waals surface area contributed by atoms with E-state index in [2.05, 4.69) is 5.32 Å². The zero-order chi connectivity index (χ0) is 24.6. The minimum atomic E-state index is 0.438. The number of para-hydroxylation sites is 1. The van der Waals surface area contributed by atoms with Gasteiger partial charge in [0.15, 0.2) is 5.11 Å². The van der Waals surface area contributed by atoms with Crippen LogP contribution in [0.1, 0.15) is 5.56 Å². The molecule has 0 fully saturated rings. The fourth-order valence-corrected chi connectivity index (χ4v) is 3.95. The zero-order valence-corrected chi connectivity index (χ0v) is 20.9. The van der Waals surface area contributed by atoms with Gasteiger partial charge in [0.05, 0.1) is 30.6 Å². The molecule has 4 rings (SSSR count). The summed E-state index contributed by atoms with van der Waals surface area (Å²) in [4.78, 5) is 6.86. The van der Waals surface area contributed by atoms with E-state index in [1.54, 1.807) is 14.2 Å². The van der Waals surface area contributed by atoms with E-state index in [1.807, 2.05) is 108 Å². The van der Waals surface area contributed by atoms with Crippen LogP contribution in [0.3, 0.4) is 0 Å². The normalized spacial score (nSPS) is 11.0.